The number of likely N-dealkylation sites (tertiary alicyclic amines) is 1. The summed E-state index contributed by atoms with van der Waals surface area (Å²) in [6, 6.07) is 11.9. The SMILES string of the molecule is CCOC(=O)[C@H]1CN(C(=O)OC(C)(C)C)CC[C@H]1c1cc(OCc2ccccc2)nc(C)c1C. The lowest BCUT2D eigenvalue weighted by atomic mass is 9.79. The molecule has 7 nitrogen and oxygen atoms in total. The van der Waals surface area contributed by atoms with E-state index in [1.165, 1.54) is 0 Å². The maximum Gasteiger partial charge on any atom is 0.410 e. The highest BCUT2D eigenvalue weighted by atomic mass is 16.6. The Labute approximate surface area is 202 Å². The van der Waals surface area contributed by atoms with Gasteiger partial charge in [-0.25, -0.2) is 9.78 Å². The van der Waals surface area contributed by atoms with Gasteiger partial charge in [-0.3, -0.25) is 4.79 Å². The molecule has 1 aromatic carbocycles. The van der Waals surface area contributed by atoms with Gasteiger partial charge in [-0.15, -0.1) is 0 Å². The zero-order valence-electron chi connectivity index (χ0n) is 21.1. The quantitative estimate of drug-likeness (QED) is 0.544. The summed E-state index contributed by atoms with van der Waals surface area (Å²) in [4.78, 5) is 31.9. The lowest BCUT2D eigenvalue weighted by molar-refractivity contribution is -0.150. The Kier molecular flexibility index (Phi) is 8.18. The van der Waals surface area contributed by atoms with Crippen LogP contribution < -0.4 is 4.74 Å². The fourth-order valence-electron chi connectivity index (χ4n) is 4.23. The number of rotatable bonds is 6. The Hall–Kier alpha value is -3.09. The minimum absolute atomic E-state index is 0.112. The van der Waals surface area contributed by atoms with Gasteiger partial charge in [-0.2, -0.15) is 0 Å². The molecule has 2 aromatic rings. The summed E-state index contributed by atoms with van der Waals surface area (Å²) in [6.45, 7) is 12.7. The minimum Gasteiger partial charge on any atom is -0.473 e. The van der Waals surface area contributed by atoms with E-state index in [-0.39, 0.29) is 25.0 Å². The molecular weight excluding hydrogens is 432 g/mol. The summed E-state index contributed by atoms with van der Waals surface area (Å²) >= 11 is 0. The van der Waals surface area contributed by atoms with E-state index in [1.807, 2.05) is 71.0 Å². The number of ether oxygens (including phenoxy) is 3. The number of aromatic nitrogens is 1. The summed E-state index contributed by atoms with van der Waals surface area (Å²) in [5.41, 5.74) is 3.35. The van der Waals surface area contributed by atoms with Crippen LogP contribution in [0.3, 0.4) is 0 Å². The molecule has 1 amide bonds. The molecule has 1 aromatic heterocycles. The van der Waals surface area contributed by atoms with Crippen LogP contribution in [0.15, 0.2) is 36.4 Å². The van der Waals surface area contributed by atoms with Crippen LogP contribution in [0.5, 0.6) is 5.88 Å². The number of carbonyl (C=O) groups is 2. The molecule has 0 saturated carbocycles. The van der Waals surface area contributed by atoms with Crippen LogP contribution in [0.1, 0.15) is 62.4 Å². The largest absolute Gasteiger partial charge is 0.473 e. The van der Waals surface area contributed by atoms with Gasteiger partial charge in [0.25, 0.3) is 0 Å². The first-order valence-corrected chi connectivity index (χ1v) is 11.9. The normalized spacial score (nSPS) is 18.4. The number of piperidine rings is 1. The van der Waals surface area contributed by atoms with Crippen molar-refractivity contribution in [3.63, 3.8) is 0 Å². The molecule has 0 unspecified atom stereocenters. The van der Waals surface area contributed by atoms with Crippen LogP contribution in [0.2, 0.25) is 0 Å². The van der Waals surface area contributed by atoms with E-state index in [4.69, 9.17) is 14.2 Å². The van der Waals surface area contributed by atoms with Crippen molar-refractivity contribution in [3.05, 3.63) is 58.8 Å². The number of amides is 1. The second kappa shape index (κ2) is 10.9. The maximum atomic E-state index is 13.0. The molecule has 1 saturated heterocycles. The van der Waals surface area contributed by atoms with Crippen LogP contribution in [0, 0.1) is 19.8 Å². The average molecular weight is 469 g/mol. The Bertz CT molecular complexity index is 1000. The highest BCUT2D eigenvalue weighted by Crippen LogP contribution is 2.38. The number of nitrogens with zero attached hydrogens (tertiary/aromatic N) is 2. The van der Waals surface area contributed by atoms with E-state index < -0.39 is 17.6 Å². The van der Waals surface area contributed by atoms with Crippen LogP contribution in [0.25, 0.3) is 0 Å². The van der Waals surface area contributed by atoms with Crippen LogP contribution in [0.4, 0.5) is 4.79 Å². The van der Waals surface area contributed by atoms with Gasteiger partial charge in [-0.1, -0.05) is 30.3 Å². The van der Waals surface area contributed by atoms with Crippen LogP contribution >= 0.6 is 0 Å². The predicted octanol–water partition coefficient (Wildman–Crippen LogP) is 5.18. The molecule has 2 heterocycles. The molecule has 1 aliphatic heterocycles. The van der Waals surface area contributed by atoms with Gasteiger partial charge >= 0.3 is 12.1 Å². The van der Waals surface area contributed by atoms with Gasteiger partial charge in [0.05, 0.1) is 12.5 Å². The van der Waals surface area contributed by atoms with Crippen molar-refractivity contribution in [1.29, 1.82) is 0 Å². The number of esters is 1. The number of benzene rings is 1. The van der Waals surface area contributed by atoms with Crippen molar-refractivity contribution in [2.75, 3.05) is 19.7 Å². The van der Waals surface area contributed by atoms with Crippen molar-refractivity contribution in [3.8, 4) is 5.88 Å². The first kappa shape index (κ1) is 25.5. The fraction of sp³-hybridized carbons (Fsp3) is 0.519. The second-order valence-corrected chi connectivity index (χ2v) is 9.71. The van der Waals surface area contributed by atoms with Crippen LogP contribution in [-0.4, -0.2) is 47.2 Å². The smallest absolute Gasteiger partial charge is 0.410 e. The molecule has 2 atom stereocenters. The van der Waals surface area contributed by atoms with Crippen LogP contribution in [-0.2, 0) is 20.9 Å². The molecule has 1 aliphatic rings. The first-order valence-electron chi connectivity index (χ1n) is 11.9. The summed E-state index contributed by atoms with van der Waals surface area (Å²) in [5, 5.41) is 0. The van der Waals surface area contributed by atoms with Crippen molar-refractivity contribution in [1.82, 2.24) is 9.88 Å². The lowest BCUT2D eigenvalue weighted by Gasteiger charge is -2.38. The van der Waals surface area contributed by atoms with E-state index in [0.717, 1.165) is 22.4 Å². The minimum atomic E-state index is -0.600. The van der Waals surface area contributed by atoms with Gasteiger partial charge in [-0.05, 0) is 64.7 Å². The molecule has 184 valence electrons. The monoisotopic (exact) mass is 468 g/mol. The first-order chi connectivity index (χ1) is 16.1. The summed E-state index contributed by atoms with van der Waals surface area (Å²) < 4.78 is 17.0. The standard InChI is InChI=1S/C27H36N2O5/c1-7-32-25(30)23-16-29(26(31)34-27(4,5)6)14-13-21(23)22-15-24(28-19(3)18(22)2)33-17-20-11-9-8-10-12-20/h8-12,15,21,23H,7,13-14,16-17H2,1-6H3/t21-,23-/m0/s1. The molecule has 0 aliphatic carbocycles. The molecule has 0 N–H and O–H groups in total. The van der Waals surface area contributed by atoms with Crippen molar-refractivity contribution in [2.45, 2.75) is 66.1 Å². The zero-order valence-corrected chi connectivity index (χ0v) is 21.1. The van der Waals surface area contributed by atoms with E-state index in [2.05, 4.69) is 4.98 Å². The van der Waals surface area contributed by atoms with Crippen molar-refractivity contribution >= 4 is 12.1 Å². The van der Waals surface area contributed by atoms with E-state index in [0.29, 0.717) is 25.5 Å². The Morgan fingerprint density at radius 2 is 1.85 bits per heavy atom. The average Bonchev–Trinajstić information content (AvgIpc) is 2.79. The van der Waals surface area contributed by atoms with Gasteiger partial charge in [0.1, 0.15) is 12.2 Å². The number of hydrogen-bond donors (Lipinski definition) is 0. The molecule has 34 heavy (non-hydrogen) atoms. The lowest BCUT2D eigenvalue weighted by Crippen LogP contribution is -2.48. The Morgan fingerprint density at radius 1 is 1.15 bits per heavy atom. The third-order valence-corrected chi connectivity index (χ3v) is 6.02. The van der Waals surface area contributed by atoms with Gasteiger partial charge in [0.2, 0.25) is 5.88 Å². The van der Waals surface area contributed by atoms with E-state index in [1.54, 1.807) is 11.8 Å². The number of carbonyl (C=O) groups excluding carboxylic acids is 2. The third-order valence-electron chi connectivity index (χ3n) is 6.02. The molecule has 0 spiro atoms. The Morgan fingerprint density at radius 3 is 2.50 bits per heavy atom. The van der Waals surface area contributed by atoms with E-state index in [9.17, 15) is 9.59 Å². The zero-order chi connectivity index (χ0) is 24.9. The third kappa shape index (κ3) is 6.49. The van der Waals surface area contributed by atoms with E-state index >= 15 is 0 Å². The molecule has 0 bridgehead atoms. The molecular formula is C27H36N2O5. The Balaban J connectivity index is 1.86. The molecule has 7 heteroatoms. The second-order valence-electron chi connectivity index (χ2n) is 9.71. The molecule has 1 fully saturated rings. The topological polar surface area (TPSA) is 78.0 Å². The molecule has 3 rings (SSSR count). The summed E-state index contributed by atoms with van der Waals surface area (Å²) in [5.74, 6) is -0.386. The highest BCUT2D eigenvalue weighted by Gasteiger charge is 2.40. The number of pyridine rings is 1. The van der Waals surface area contributed by atoms with Gasteiger partial charge < -0.3 is 19.1 Å². The van der Waals surface area contributed by atoms with Crippen molar-refractivity contribution < 1.29 is 23.8 Å². The number of aryl methyl sites for hydroxylation is 1. The summed E-state index contributed by atoms with van der Waals surface area (Å²) in [7, 11) is 0. The highest BCUT2D eigenvalue weighted by molar-refractivity contribution is 5.76. The molecule has 0 radical (unpaired) electrons. The maximum absolute atomic E-state index is 13.0. The summed E-state index contributed by atoms with van der Waals surface area (Å²) in [6.07, 6.45) is 0.209. The van der Waals surface area contributed by atoms with Crippen molar-refractivity contribution in [2.24, 2.45) is 5.92 Å². The number of hydrogen-bond acceptors (Lipinski definition) is 6. The predicted molar refractivity (Wildman–Crippen MR) is 130 cm³/mol. The fourth-order valence-corrected chi connectivity index (χ4v) is 4.23. The van der Waals surface area contributed by atoms with Gasteiger partial charge in [0, 0.05) is 30.8 Å². The van der Waals surface area contributed by atoms with Gasteiger partial charge in [0.15, 0.2) is 0 Å².